The van der Waals surface area contributed by atoms with E-state index in [1.54, 1.807) is 6.07 Å². The lowest BCUT2D eigenvalue weighted by Gasteiger charge is -2.16. The summed E-state index contributed by atoms with van der Waals surface area (Å²) in [4.78, 5) is 26.1. The van der Waals surface area contributed by atoms with Crippen molar-refractivity contribution >= 4 is 33.2 Å². The molecule has 3 aromatic rings. The van der Waals surface area contributed by atoms with Gasteiger partial charge in [0.2, 0.25) is 5.78 Å². The lowest BCUT2D eigenvalue weighted by atomic mass is 9.99. The van der Waals surface area contributed by atoms with Crippen LogP contribution in [-0.4, -0.2) is 31.6 Å². The van der Waals surface area contributed by atoms with Crippen molar-refractivity contribution in [3.8, 4) is 11.5 Å². The number of carbonyl (C=O) groups is 2. The van der Waals surface area contributed by atoms with Gasteiger partial charge in [-0.3, -0.25) is 9.59 Å². The van der Waals surface area contributed by atoms with Gasteiger partial charge in [-0.2, -0.15) is 0 Å². The van der Waals surface area contributed by atoms with Gasteiger partial charge in [0, 0.05) is 23.1 Å². The first kappa shape index (κ1) is 23.8. The van der Waals surface area contributed by atoms with Crippen LogP contribution in [0.4, 0.5) is 0 Å². The molecule has 6 heteroatoms. The fraction of sp³-hybridized carbons (Fsp3) is 0.385. The molecule has 0 amide bonds. The van der Waals surface area contributed by atoms with Gasteiger partial charge in [-0.05, 0) is 55.5 Å². The van der Waals surface area contributed by atoms with E-state index in [-0.39, 0.29) is 18.4 Å². The van der Waals surface area contributed by atoms with Gasteiger partial charge in [0.15, 0.2) is 11.5 Å². The highest BCUT2D eigenvalue weighted by atomic mass is 32.1. The van der Waals surface area contributed by atoms with E-state index >= 15 is 0 Å². The van der Waals surface area contributed by atoms with Crippen LogP contribution in [-0.2, 0) is 16.0 Å². The van der Waals surface area contributed by atoms with Crippen LogP contribution in [0.25, 0.3) is 10.1 Å². The Hall–Kier alpha value is -2.86. The fourth-order valence-corrected chi connectivity index (χ4v) is 4.47. The molecular formula is C26H30O5S. The highest BCUT2D eigenvalue weighted by Gasteiger charge is 2.21. The Morgan fingerprint density at radius 1 is 0.938 bits per heavy atom. The van der Waals surface area contributed by atoms with E-state index in [1.165, 1.54) is 11.3 Å². The number of ether oxygens (including phenoxy) is 3. The Kier molecular flexibility index (Phi) is 8.68. The monoisotopic (exact) mass is 454 g/mol. The van der Waals surface area contributed by atoms with Crippen LogP contribution in [0.15, 0.2) is 42.5 Å². The van der Waals surface area contributed by atoms with Crippen molar-refractivity contribution in [2.75, 3.05) is 19.8 Å². The van der Waals surface area contributed by atoms with Gasteiger partial charge in [-0.1, -0.05) is 31.5 Å². The lowest BCUT2D eigenvalue weighted by Crippen LogP contribution is -2.11. The third-order valence-corrected chi connectivity index (χ3v) is 6.15. The molecule has 3 rings (SSSR count). The van der Waals surface area contributed by atoms with E-state index in [0.29, 0.717) is 48.0 Å². The van der Waals surface area contributed by atoms with E-state index in [2.05, 4.69) is 0 Å². The Bertz CT molecular complexity index is 1040. The number of unbranched alkanes of at least 4 members (excludes halogenated alkanes) is 1. The van der Waals surface area contributed by atoms with E-state index in [0.717, 1.165) is 28.5 Å². The molecule has 32 heavy (non-hydrogen) atoms. The molecule has 5 nitrogen and oxygen atoms in total. The van der Waals surface area contributed by atoms with E-state index in [9.17, 15) is 9.59 Å². The third-order valence-electron chi connectivity index (χ3n) is 5.03. The van der Waals surface area contributed by atoms with Crippen LogP contribution < -0.4 is 9.47 Å². The van der Waals surface area contributed by atoms with Gasteiger partial charge in [-0.15, -0.1) is 11.3 Å². The number of fused-ring (bicyclic) bond motifs is 1. The minimum atomic E-state index is -0.208. The largest absolute Gasteiger partial charge is 0.490 e. The van der Waals surface area contributed by atoms with E-state index in [4.69, 9.17) is 14.2 Å². The zero-order valence-corrected chi connectivity index (χ0v) is 19.8. The molecule has 0 aliphatic heterocycles. The molecular weight excluding hydrogens is 424 g/mol. The molecule has 0 N–H and O–H groups in total. The topological polar surface area (TPSA) is 61.8 Å². The van der Waals surface area contributed by atoms with Gasteiger partial charge < -0.3 is 14.2 Å². The molecule has 0 aliphatic rings. The molecule has 0 fully saturated rings. The summed E-state index contributed by atoms with van der Waals surface area (Å²) in [5, 5.41) is 1.04. The highest BCUT2D eigenvalue weighted by Crippen LogP contribution is 2.34. The number of hydrogen-bond donors (Lipinski definition) is 0. The molecule has 0 aliphatic carbocycles. The minimum Gasteiger partial charge on any atom is -0.490 e. The van der Waals surface area contributed by atoms with Gasteiger partial charge in [0.1, 0.15) is 0 Å². The number of carbonyl (C=O) groups excluding carboxylic acids is 2. The number of benzene rings is 2. The summed E-state index contributed by atoms with van der Waals surface area (Å²) in [5.41, 5.74) is 1.33. The maximum atomic E-state index is 13.5. The van der Waals surface area contributed by atoms with Crippen LogP contribution in [0.1, 0.15) is 60.8 Å². The van der Waals surface area contributed by atoms with Crippen molar-refractivity contribution < 1.29 is 23.8 Å². The number of thiophene rings is 1. The normalized spacial score (nSPS) is 10.8. The van der Waals surface area contributed by atoms with Crippen molar-refractivity contribution in [1.29, 1.82) is 0 Å². The molecule has 0 unspecified atom stereocenters. The van der Waals surface area contributed by atoms with Crippen molar-refractivity contribution in [1.82, 2.24) is 0 Å². The first-order valence-corrected chi connectivity index (χ1v) is 12.0. The summed E-state index contributed by atoms with van der Waals surface area (Å²) in [5.74, 6) is 0.861. The van der Waals surface area contributed by atoms with Crippen LogP contribution >= 0.6 is 11.3 Å². The molecule has 0 saturated heterocycles. The summed E-state index contributed by atoms with van der Waals surface area (Å²) in [7, 11) is 0. The number of rotatable bonds is 12. The van der Waals surface area contributed by atoms with Crippen LogP contribution in [0.3, 0.4) is 0 Å². The lowest BCUT2D eigenvalue weighted by molar-refractivity contribution is -0.143. The fourth-order valence-electron chi connectivity index (χ4n) is 3.45. The smallest absolute Gasteiger partial charge is 0.305 e. The van der Waals surface area contributed by atoms with Crippen molar-refractivity contribution in [3.05, 3.63) is 58.5 Å². The molecule has 0 bridgehead atoms. The van der Waals surface area contributed by atoms with Crippen LogP contribution in [0.5, 0.6) is 11.5 Å². The summed E-state index contributed by atoms with van der Waals surface area (Å²) in [6.45, 7) is 7.00. The standard InChI is InChI=1S/C26H30O5S/c1-4-7-12-25(27)31-14-13-18-15-21(29-5-2)22(30-6-3)17-20(18)26(28)24-16-19-10-8-9-11-23(19)32-24/h8-11,15-17H,4-7,12-14H2,1-3H3. The van der Waals surface area contributed by atoms with Gasteiger partial charge >= 0.3 is 5.97 Å². The Morgan fingerprint density at radius 2 is 1.66 bits per heavy atom. The Morgan fingerprint density at radius 3 is 2.34 bits per heavy atom. The second-order valence-electron chi connectivity index (χ2n) is 7.37. The van der Waals surface area contributed by atoms with Gasteiger partial charge in [-0.25, -0.2) is 0 Å². The van der Waals surface area contributed by atoms with E-state index in [1.807, 2.05) is 57.2 Å². The quantitative estimate of drug-likeness (QED) is 0.241. The molecule has 0 radical (unpaired) electrons. The summed E-state index contributed by atoms with van der Waals surface area (Å²) >= 11 is 1.47. The first-order valence-electron chi connectivity index (χ1n) is 11.2. The Balaban J connectivity index is 1.92. The second kappa shape index (κ2) is 11.7. The SMILES string of the molecule is CCCCC(=O)OCCc1cc(OCC)c(OCC)cc1C(=O)c1cc2ccccc2s1. The molecule has 1 aromatic heterocycles. The Labute approximate surface area is 193 Å². The average molecular weight is 455 g/mol. The maximum absolute atomic E-state index is 13.5. The first-order chi connectivity index (χ1) is 15.6. The number of hydrogen-bond acceptors (Lipinski definition) is 6. The van der Waals surface area contributed by atoms with Crippen molar-refractivity contribution in [3.63, 3.8) is 0 Å². The van der Waals surface area contributed by atoms with Crippen molar-refractivity contribution in [2.24, 2.45) is 0 Å². The average Bonchev–Trinajstić information content (AvgIpc) is 3.23. The highest BCUT2D eigenvalue weighted by molar-refractivity contribution is 7.21. The number of ketones is 1. The van der Waals surface area contributed by atoms with Gasteiger partial charge in [0.05, 0.1) is 24.7 Å². The summed E-state index contributed by atoms with van der Waals surface area (Å²) < 4.78 is 18.0. The molecule has 0 spiro atoms. The predicted octanol–water partition coefficient (Wildman–Crippen LogP) is 6.21. The zero-order valence-electron chi connectivity index (χ0n) is 18.9. The van der Waals surface area contributed by atoms with Gasteiger partial charge in [0.25, 0.3) is 0 Å². The molecule has 2 aromatic carbocycles. The second-order valence-corrected chi connectivity index (χ2v) is 8.46. The molecule has 0 saturated carbocycles. The predicted molar refractivity (Wildman–Crippen MR) is 128 cm³/mol. The summed E-state index contributed by atoms with van der Waals surface area (Å²) in [6, 6.07) is 13.5. The number of esters is 1. The van der Waals surface area contributed by atoms with Crippen molar-refractivity contribution in [2.45, 2.75) is 46.5 Å². The zero-order chi connectivity index (χ0) is 22.9. The molecule has 0 atom stereocenters. The molecule has 170 valence electrons. The molecule has 1 heterocycles. The summed E-state index contributed by atoms with van der Waals surface area (Å²) in [6.07, 6.45) is 2.60. The van der Waals surface area contributed by atoms with Crippen LogP contribution in [0.2, 0.25) is 0 Å². The maximum Gasteiger partial charge on any atom is 0.305 e. The van der Waals surface area contributed by atoms with Crippen LogP contribution in [0, 0.1) is 0 Å². The minimum absolute atomic E-state index is 0.0671. The van der Waals surface area contributed by atoms with E-state index < -0.39 is 0 Å². The third kappa shape index (κ3) is 5.88.